The Morgan fingerprint density at radius 2 is 2.24 bits per heavy atom. The molecule has 0 saturated carbocycles. The average Bonchev–Trinajstić information content (AvgIpc) is 2.99. The predicted octanol–water partition coefficient (Wildman–Crippen LogP) is 1.98. The highest BCUT2D eigenvalue weighted by Gasteiger charge is 2.22. The maximum Gasteiger partial charge on any atom is 0.241 e. The Kier molecular flexibility index (Phi) is 5.00. The molecule has 0 spiro atoms. The van der Waals surface area contributed by atoms with Gasteiger partial charge in [-0.2, -0.15) is 0 Å². The third-order valence-electron chi connectivity index (χ3n) is 3.05. The molecule has 8 heteroatoms. The Labute approximate surface area is 128 Å². The van der Waals surface area contributed by atoms with Crippen molar-refractivity contribution in [2.24, 2.45) is 0 Å². The van der Waals surface area contributed by atoms with Gasteiger partial charge in [0.1, 0.15) is 5.82 Å². The van der Waals surface area contributed by atoms with Crippen LogP contribution in [-0.2, 0) is 16.6 Å². The highest BCUT2D eigenvalue weighted by Crippen LogP contribution is 2.22. The van der Waals surface area contributed by atoms with E-state index in [-0.39, 0.29) is 11.5 Å². The van der Waals surface area contributed by atoms with Crippen molar-refractivity contribution in [1.29, 1.82) is 0 Å². The minimum atomic E-state index is -3.73. The van der Waals surface area contributed by atoms with Gasteiger partial charge in [0.25, 0.3) is 0 Å². The standard InChI is InChI=1S/C13H16ClN3O3S/c1-2-12(13-15-5-6-16-13)17-21(19,20)10-3-4-11(14)9(7-10)8-18/h3-7,12,17-18H,2,8H2,1H3,(H,15,16). The number of aliphatic hydroxyl groups excluding tert-OH is 1. The van der Waals surface area contributed by atoms with Crippen LogP contribution >= 0.6 is 11.6 Å². The van der Waals surface area contributed by atoms with Gasteiger partial charge in [0.15, 0.2) is 0 Å². The zero-order valence-corrected chi connectivity index (χ0v) is 12.9. The van der Waals surface area contributed by atoms with Gasteiger partial charge in [-0.25, -0.2) is 18.1 Å². The second kappa shape index (κ2) is 6.57. The van der Waals surface area contributed by atoms with E-state index < -0.39 is 16.1 Å². The first kappa shape index (κ1) is 16.0. The molecule has 1 unspecified atom stereocenters. The first-order valence-electron chi connectivity index (χ1n) is 6.38. The van der Waals surface area contributed by atoms with Gasteiger partial charge >= 0.3 is 0 Å². The molecule has 0 amide bonds. The summed E-state index contributed by atoms with van der Waals surface area (Å²) >= 11 is 5.87. The van der Waals surface area contributed by atoms with E-state index in [1.54, 1.807) is 12.4 Å². The van der Waals surface area contributed by atoms with E-state index in [1.165, 1.54) is 18.2 Å². The number of hydrogen-bond acceptors (Lipinski definition) is 4. The van der Waals surface area contributed by atoms with Gasteiger partial charge in [0.05, 0.1) is 17.5 Å². The summed E-state index contributed by atoms with van der Waals surface area (Å²) in [5.74, 6) is 0.553. The van der Waals surface area contributed by atoms with E-state index in [4.69, 9.17) is 11.6 Å². The van der Waals surface area contributed by atoms with Crippen molar-refractivity contribution in [3.8, 4) is 0 Å². The minimum Gasteiger partial charge on any atom is -0.392 e. The molecule has 0 aliphatic carbocycles. The van der Waals surface area contributed by atoms with Gasteiger partial charge < -0.3 is 10.1 Å². The van der Waals surface area contributed by atoms with Gasteiger partial charge in [-0.15, -0.1) is 0 Å². The fraction of sp³-hybridized carbons (Fsp3) is 0.308. The summed E-state index contributed by atoms with van der Waals surface area (Å²) in [7, 11) is -3.73. The second-order valence-electron chi connectivity index (χ2n) is 4.47. The zero-order valence-electron chi connectivity index (χ0n) is 11.4. The number of aromatic nitrogens is 2. The summed E-state index contributed by atoms with van der Waals surface area (Å²) in [4.78, 5) is 7.02. The first-order valence-corrected chi connectivity index (χ1v) is 8.25. The number of nitrogens with zero attached hydrogens (tertiary/aromatic N) is 1. The van der Waals surface area contributed by atoms with Crippen molar-refractivity contribution in [2.45, 2.75) is 30.9 Å². The second-order valence-corrected chi connectivity index (χ2v) is 6.59. The van der Waals surface area contributed by atoms with E-state index >= 15 is 0 Å². The number of halogens is 1. The quantitative estimate of drug-likeness (QED) is 0.755. The summed E-state index contributed by atoms with van der Waals surface area (Å²) in [5, 5.41) is 9.50. The molecule has 0 saturated heterocycles. The molecular formula is C13H16ClN3O3S. The number of aliphatic hydroxyl groups is 1. The first-order chi connectivity index (χ1) is 9.97. The average molecular weight is 330 g/mol. The highest BCUT2D eigenvalue weighted by atomic mass is 35.5. The summed E-state index contributed by atoms with van der Waals surface area (Å²) < 4.78 is 27.4. The summed E-state index contributed by atoms with van der Waals surface area (Å²) in [6.07, 6.45) is 3.75. The summed E-state index contributed by atoms with van der Waals surface area (Å²) in [5.41, 5.74) is 0.366. The smallest absolute Gasteiger partial charge is 0.241 e. The number of nitrogens with one attached hydrogen (secondary N) is 2. The number of benzene rings is 1. The molecule has 0 bridgehead atoms. The van der Waals surface area contributed by atoms with Gasteiger partial charge in [-0.3, -0.25) is 0 Å². The van der Waals surface area contributed by atoms with Gasteiger partial charge in [-0.1, -0.05) is 18.5 Å². The molecule has 1 heterocycles. The maximum atomic E-state index is 12.4. The lowest BCUT2D eigenvalue weighted by Crippen LogP contribution is -2.29. The third kappa shape index (κ3) is 3.62. The largest absolute Gasteiger partial charge is 0.392 e. The third-order valence-corrected chi connectivity index (χ3v) is 4.89. The van der Waals surface area contributed by atoms with Crippen LogP contribution in [0.5, 0.6) is 0 Å². The molecule has 2 rings (SSSR count). The van der Waals surface area contributed by atoms with Crippen molar-refractivity contribution < 1.29 is 13.5 Å². The normalized spacial score (nSPS) is 13.3. The molecule has 0 radical (unpaired) electrons. The fourth-order valence-electron chi connectivity index (χ4n) is 1.90. The van der Waals surface area contributed by atoms with Gasteiger partial charge in [-0.05, 0) is 30.2 Å². The predicted molar refractivity (Wildman–Crippen MR) is 79.3 cm³/mol. The number of sulfonamides is 1. The molecule has 0 aliphatic rings. The topological polar surface area (TPSA) is 95.1 Å². The van der Waals surface area contributed by atoms with Crippen molar-refractivity contribution in [2.75, 3.05) is 0 Å². The van der Waals surface area contributed by atoms with Crippen LogP contribution < -0.4 is 4.72 Å². The Bertz CT molecular complexity index is 701. The number of rotatable bonds is 6. The molecule has 114 valence electrons. The maximum absolute atomic E-state index is 12.4. The Morgan fingerprint density at radius 3 is 2.81 bits per heavy atom. The van der Waals surface area contributed by atoms with Crippen LogP contribution in [0.15, 0.2) is 35.5 Å². The Balaban J connectivity index is 2.29. The lowest BCUT2D eigenvalue weighted by atomic mass is 10.2. The van der Waals surface area contributed by atoms with Crippen molar-refractivity contribution in [1.82, 2.24) is 14.7 Å². The van der Waals surface area contributed by atoms with Crippen molar-refractivity contribution in [3.05, 3.63) is 47.0 Å². The van der Waals surface area contributed by atoms with Crippen LogP contribution in [0.4, 0.5) is 0 Å². The molecule has 2 aromatic rings. The lowest BCUT2D eigenvalue weighted by Gasteiger charge is -2.15. The van der Waals surface area contributed by atoms with Crippen LogP contribution in [0.2, 0.25) is 5.02 Å². The van der Waals surface area contributed by atoms with Crippen molar-refractivity contribution in [3.63, 3.8) is 0 Å². The molecule has 0 aliphatic heterocycles. The van der Waals surface area contributed by atoms with E-state index in [1.807, 2.05) is 6.92 Å². The molecule has 0 fully saturated rings. The lowest BCUT2D eigenvalue weighted by molar-refractivity contribution is 0.281. The van der Waals surface area contributed by atoms with Crippen LogP contribution in [0.25, 0.3) is 0 Å². The molecule has 1 atom stereocenters. The Hall–Kier alpha value is -1.41. The van der Waals surface area contributed by atoms with Crippen LogP contribution in [0.3, 0.4) is 0 Å². The molecule has 1 aromatic carbocycles. The van der Waals surface area contributed by atoms with Crippen LogP contribution in [-0.4, -0.2) is 23.5 Å². The number of imidazole rings is 1. The van der Waals surface area contributed by atoms with Crippen molar-refractivity contribution >= 4 is 21.6 Å². The summed E-state index contributed by atoms with van der Waals surface area (Å²) in [6, 6.07) is 3.77. The molecule has 6 nitrogen and oxygen atoms in total. The number of hydrogen-bond donors (Lipinski definition) is 3. The van der Waals surface area contributed by atoms with E-state index in [0.29, 0.717) is 22.8 Å². The van der Waals surface area contributed by atoms with E-state index in [0.717, 1.165) is 0 Å². The molecule has 1 aromatic heterocycles. The van der Waals surface area contributed by atoms with Gasteiger partial charge in [0, 0.05) is 17.4 Å². The number of H-pyrrole nitrogens is 1. The zero-order chi connectivity index (χ0) is 15.5. The van der Waals surface area contributed by atoms with E-state index in [2.05, 4.69) is 14.7 Å². The summed E-state index contributed by atoms with van der Waals surface area (Å²) in [6.45, 7) is 1.54. The minimum absolute atomic E-state index is 0.0564. The SMILES string of the molecule is CCC(NS(=O)(=O)c1ccc(Cl)c(CO)c1)c1ncc[nH]1. The molecular weight excluding hydrogens is 314 g/mol. The van der Waals surface area contributed by atoms with Gasteiger partial charge in [0.2, 0.25) is 10.0 Å². The Morgan fingerprint density at radius 1 is 1.48 bits per heavy atom. The molecule has 3 N–H and O–H groups in total. The van der Waals surface area contributed by atoms with E-state index in [9.17, 15) is 13.5 Å². The monoisotopic (exact) mass is 329 g/mol. The highest BCUT2D eigenvalue weighted by molar-refractivity contribution is 7.89. The number of aromatic amines is 1. The fourth-order valence-corrected chi connectivity index (χ4v) is 3.41. The van der Waals surface area contributed by atoms with Crippen LogP contribution in [0, 0.1) is 0 Å². The molecule has 21 heavy (non-hydrogen) atoms. The van der Waals surface area contributed by atoms with Crippen LogP contribution in [0.1, 0.15) is 30.8 Å².